The molecule has 1 saturated heterocycles. The smallest absolute Gasteiger partial charge is 0.285 e. The molecule has 35 heavy (non-hydrogen) atoms. The van der Waals surface area contributed by atoms with E-state index in [-0.39, 0.29) is 26.6 Å². The standard InChI is InChI=1S/C24H21Cl2FN4O2S2/c25-18-6-11-21(26)22(16-18)35(32,33)29-23(17-4-2-1-3-5-17)28-24(34)31-14-12-30(13-15-31)20-9-7-19(27)8-10-20/h1-11,16H,12-15H2,(H,28,29,34). The van der Waals surface area contributed by atoms with E-state index in [0.29, 0.717) is 36.9 Å². The van der Waals surface area contributed by atoms with Crippen molar-refractivity contribution in [2.24, 2.45) is 4.40 Å². The van der Waals surface area contributed by atoms with Gasteiger partial charge in [-0.1, -0.05) is 53.5 Å². The maximum Gasteiger partial charge on any atom is 0.285 e. The molecule has 0 amide bonds. The molecule has 11 heteroatoms. The Morgan fingerprint density at radius 1 is 0.943 bits per heavy atom. The molecular weight excluding hydrogens is 530 g/mol. The molecule has 0 aliphatic carbocycles. The zero-order valence-corrected chi connectivity index (χ0v) is 21.5. The minimum absolute atomic E-state index is 0.0186. The molecule has 0 radical (unpaired) electrons. The number of hydrogen-bond acceptors (Lipinski definition) is 4. The number of rotatable bonds is 4. The number of thiocarbonyl (C=S) groups is 1. The van der Waals surface area contributed by atoms with Gasteiger partial charge in [-0.15, -0.1) is 4.40 Å². The van der Waals surface area contributed by atoms with E-state index >= 15 is 0 Å². The fourth-order valence-corrected chi connectivity index (χ4v) is 5.59. The zero-order chi connectivity index (χ0) is 25.0. The minimum Gasteiger partial charge on any atom is -0.368 e. The van der Waals surface area contributed by atoms with Crippen LogP contribution in [0.1, 0.15) is 5.56 Å². The van der Waals surface area contributed by atoms with Gasteiger partial charge in [0, 0.05) is 42.5 Å². The molecule has 1 fully saturated rings. The highest BCUT2D eigenvalue weighted by Crippen LogP contribution is 2.27. The van der Waals surface area contributed by atoms with Gasteiger partial charge in [0.15, 0.2) is 10.9 Å². The van der Waals surface area contributed by atoms with Crippen LogP contribution in [-0.4, -0.2) is 50.4 Å². The summed E-state index contributed by atoms with van der Waals surface area (Å²) in [5.74, 6) is -0.202. The highest BCUT2D eigenvalue weighted by Gasteiger charge is 2.23. The summed E-state index contributed by atoms with van der Waals surface area (Å²) < 4.78 is 43.5. The Labute approximate surface area is 219 Å². The van der Waals surface area contributed by atoms with Crippen molar-refractivity contribution >= 4 is 62.1 Å². The summed E-state index contributed by atoms with van der Waals surface area (Å²) >= 11 is 17.7. The highest BCUT2D eigenvalue weighted by atomic mass is 35.5. The molecular formula is C24H21Cl2FN4O2S2. The lowest BCUT2D eigenvalue weighted by Gasteiger charge is -2.37. The topological polar surface area (TPSA) is 65.0 Å². The Morgan fingerprint density at radius 3 is 2.26 bits per heavy atom. The number of nitrogens with zero attached hydrogens (tertiary/aromatic N) is 3. The molecule has 0 unspecified atom stereocenters. The number of piperazine rings is 1. The average Bonchev–Trinajstić information content (AvgIpc) is 2.86. The van der Waals surface area contributed by atoms with Crippen LogP contribution in [0.3, 0.4) is 0 Å². The highest BCUT2D eigenvalue weighted by molar-refractivity contribution is 7.90. The van der Waals surface area contributed by atoms with Crippen molar-refractivity contribution in [3.05, 3.63) is 94.2 Å². The average molecular weight is 551 g/mol. The lowest BCUT2D eigenvalue weighted by Crippen LogP contribution is -2.53. The molecule has 0 atom stereocenters. The summed E-state index contributed by atoms with van der Waals surface area (Å²) in [6, 6.07) is 19.4. The van der Waals surface area contributed by atoms with Crippen LogP contribution >= 0.6 is 35.4 Å². The first kappa shape index (κ1) is 25.4. The third kappa shape index (κ3) is 6.29. The van der Waals surface area contributed by atoms with Gasteiger partial charge >= 0.3 is 0 Å². The fraction of sp³-hybridized carbons (Fsp3) is 0.167. The molecule has 3 aromatic carbocycles. The molecule has 3 aromatic rings. The van der Waals surface area contributed by atoms with Crippen molar-refractivity contribution in [1.82, 2.24) is 10.2 Å². The third-order valence-corrected chi connectivity index (χ3v) is 7.77. The van der Waals surface area contributed by atoms with Crippen LogP contribution in [0, 0.1) is 5.82 Å². The summed E-state index contributed by atoms with van der Waals surface area (Å²) in [6.45, 7) is 2.53. The summed E-state index contributed by atoms with van der Waals surface area (Å²) in [4.78, 5) is 3.88. The van der Waals surface area contributed by atoms with Crippen molar-refractivity contribution in [2.45, 2.75) is 4.90 Å². The number of benzene rings is 3. The molecule has 0 aromatic heterocycles. The molecule has 1 aliphatic rings. The van der Waals surface area contributed by atoms with E-state index in [1.165, 1.54) is 30.3 Å². The maximum absolute atomic E-state index is 13.2. The minimum atomic E-state index is -4.19. The van der Waals surface area contributed by atoms with Gasteiger partial charge < -0.3 is 15.1 Å². The van der Waals surface area contributed by atoms with Crippen LogP contribution in [0.2, 0.25) is 10.0 Å². The SMILES string of the molecule is O=S(=O)(N=C(NC(=S)N1CCN(c2ccc(F)cc2)CC1)c1ccccc1)c1cc(Cl)ccc1Cl. The Kier molecular flexibility index (Phi) is 7.91. The second-order valence-corrected chi connectivity index (χ2v) is 10.5. The third-order valence-electron chi connectivity index (χ3n) is 5.41. The first-order valence-electron chi connectivity index (χ1n) is 10.6. The van der Waals surface area contributed by atoms with E-state index in [1.54, 1.807) is 36.4 Å². The van der Waals surface area contributed by atoms with E-state index in [0.717, 1.165) is 5.69 Å². The van der Waals surface area contributed by atoms with E-state index in [4.69, 9.17) is 35.4 Å². The van der Waals surface area contributed by atoms with Crippen LogP contribution in [0.15, 0.2) is 82.1 Å². The number of amidine groups is 1. The first-order chi connectivity index (χ1) is 16.7. The summed E-state index contributed by atoms with van der Waals surface area (Å²) in [6.07, 6.45) is 0. The molecule has 6 nitrogen and oxygen atoms in total. The van der Waals surface area contributed by atoms with Crippen molar-refractivity contribution in [1.29, 1.82) is 0 Å². The maximum atomic E-state index is 13.2. The van der Waals surface area contributed by atoms with Crippen molar-refractivity contribution in [2.75, 3.05) is 31.1 Å². The molecule has 0 bridgehead atoms. The van der Waals surface area contributed by atoms with Gasteiger partial charge in [-0.3, -0.25) is 0 Å². The molecule has 1 aliphatic heterocycles. The first-order valence-corrected chi connectivity index (χ1v) is 13.3. The normalized spacial score (nSPS) is 14.7. The van der Waals surface area contributed by atoms with Crippen LogP contribution in [0.25, 0.3) is 0 Å². The van der Waals surface area contributed by atoms with Crippen LogP contribution < -0.4 is 10.2 Å². The van der Waals surface area contributed by atoms with E-state index in [1.807, 2.05) is 11.0 Å². The molecule has 1 N–H and O–H groups in total. The lowest BCUT2D eigenvalue weighted by atomic mass is 10.2. The van der Waals surface area contributed by atoms with Gasteiger partial charge in [0.25, 0.3) is 10.0 Å². The number of hydrogen-bond donors (Lipinski definition) is 1. The molecule has 0 saturated carbocycles. The fourth-order valence-electron chi connectivity index (χ4n) is 3.59. The van der Waals surface area contributed by atoms with Crippen LogP contribution in [0.5, 0.6) is 0 Å². The number of anilines is 1. The molecule has 4 rings (SSSR count). The summed E-state index contributed by atoms with van der Waals surface area (Å²) in [7, 11) is -4.19. The van der Waals surface area contributed by atoms with Crippen molar-refractivity contribution in [3.8, 4) is 0 Å². The monoisotopic (exact) mass is 550 g/mol. The van der Waals surface area contributed by atoms with E-state index in [9.17, 15) is 12.8 Å². The largest absolute Gasteiger partial charge is 0.368 e. The van der Waals surface area contributed by atoms with Crippen molar-refractivity contribution in [3.63, 3.8) is 0 Å². The summed E-state index contributed by atoms with van der Waals surface area (Å²) in [5, 5.41) is 3.60. The Balaban J connectivity index is 1.54. The second kappa shape index (κ2) is 10.9. The molecule has 182 valence electrons. The van der Waals surface area contributed by atoms with Crippen LogP contribution in [0.4, 0.5) is 10.1 Å². The van der Waals surface area contributed by atoms with Gasteiger partial charge in [-0.25, -0.2) is 4.39 Å². The lowest BCUT2D eigenvalue weighted by molar-refractivity contribution is 0.385. The predicted octanol–water partition coefficient (Wildman–Crippen LogP) is 4.96. The number of halogens is 3. The van der Waals surface area contributed by atoms with Gasteiger partial charge in [0.2, 0.25) is 0 Å². The number of sulfonamides is 1. The Morgan fingerprint density at radius 2 is 1.60 bits per heavy atom. The van der Waals surface area contributed by atoms with Gasteiger partial charge in [-0.2, -0.15) is 8.42 Å². The quantitative estimate of drug-likeness (QED) is 0.281. The van der Waals surface area contributed by atoms with Gasteiger partial charge in [0.05, 0.1) is 5.02 Å². The van der Waals surface area contributed by atoms with Gasteiger partial charge in [-0.05, 0) is 54.7 Å². The Bertz CT molecular complexity index is 1350. The zero-order valence-electron chi connectivity index (χ0n) is 18.4. The molecule has 1 heterocycles. The Hall–Kier alpha value is -2.72. The van der Waals surface area contributed by atoms with Crippen LogP contribution in [-0.2, 0) is 10.0 Å². The van der Waals surface area contributed by atoms with Gasteiger partial charge in [0.1, 0.15) is 10.7 Å². The summed E-state index contributed by atoms with van der Waals surface area (Å²) in [5.41, 5.74) is 1.47. The van der Waals surface area contributed by atoms with E-state index in [2.05, 4.69) is 14.6 Å². The predicted molar refractivity (Wildman–Crippen MR) is 143 cm³/mol. The van der Waals surface area contributed by atoms with Crippen molar-refractivity contribution < 1.29 is 12.8 Å². The molecule has 0 spiro atoms. The van der Waals surface area contributed by atoms with E-state index < -0.39 is 10.0 Å². The second-order valence-electron chi connectivity index (χ2n) is 7.74. The number of nitrogens with one attached hydrogen (secondary N) is 1.